The monoisotopic (exact) mass is 228 g/mol. The van der Waals surface area contributed by atoms with E-state index in [-0.39, 0.29) is 12.4 Å². The lowest BCUT2D eigenvalue weighted by atomic mass is 10.3. The van der Waals surface area contributed by atoms with Crippen molar-refractivity contribution in [3.05, 3.63) is 45.2 Å². The molecule has 0 saturated heterocycles. The van der Waals surface area contributed by atoms with Gasteiger partial charge in [-0.15, -0.1) is 0 Å². The predicted molar refractivity (Wildman–Crippen MR) is 49.6 cm³/mol. The van der Waals surface area contributed by atoms with Crippen LogP contribution in [-0.4, -0.2) is 14.8 Å². The van der Waals surface area contributed by atoms with Gasteiger partial charge in [-0.25, -0.2) is 24.4 Å². The standard InChI is InChI=1S/C8H8N4O2.ClH/c9-5-1-3-6(4-2-5)12-7(13)10-11-8(12)14;/h1-4H,9H2,(H,10,13)(H,11,14);1H. The fourth-order valence-electron chi connectivity index (χ4n) is 1.19. The Hall–Kier alpha value is -1.79. The predicted octanol–water partition coefficient (Wildman–Crippen LogP) is -4.27. The molecule has 0 aliphatic rings. The highest BCUT2D eigenvalue weighted by atomic mass is 35.5. The largest absolute Gasteiger partial charge is 1.00 e. The van der Waals surface area contributed by atoms with E-state index in [0.29, 0.717) is 5.69 Å². The highest BCUT2D eigenvalue weighted by Crippen LogP contribution is 2.04. The van der Waals surface area contributed by atoms with Gasteiger partial charge in [0.2, 0.25) is 0 Å². The maximum Gasteiger partial charge on any atom is 0.348 e. The van der Waals surface area contributed by atoms with Crippen molar-refractivity contribution in [2.75, 3.05) is 0 Å². The second-order valence-electron chi connectivity index (χ2n) is 2.86. The van der Waals surface area contributed by atoms with Gasteiger partial charge in [0.25, 0.3) is 0 Å². The van der Waals surface area contributed by atoms with Crippen LogP contribution in [0.5, 0.6) is 0 Å². The number of quaternary nitrogens is 1. The van der Waals surface area contributed by atoms with Gasteiger partial charge in [-0.2, -0.15) is 0 Å². The summed E-state index contributed by atoms with van der Waals surface area (Å²) in [5, 5.41) is 4.41. The molecule has 0 radical (unpaired) electrons. The van der Waals surface area contributed by atoms with Crippen molar-refractivity contribution >= 4 is 5.69 Å². The Kier molecular flexibility index (Phi) is 3.13. The summed E-state index contributed by atoms with van der Waals surface area (Å²) in [5.74, 6) is 0. The van der Waals surface area contributed by atoms with Crippen LogP contribution in [0.1, 0.15) is 0 Å². The minimum absolute atomic E-state index is 0. The number of nitrogens with zero attached hydrogens (tertiary/aromatic N) is 1. The van der Waals surface area contributed by atoms with Gasteiger partial charge in [-0.1, -0.05) is 0 Å². The minimum Gasteiger partial charge on any atom is -1.00 e. The Morgan fingerprint density at radius 2 is 1.47 bits per heavy atom. The van der Waals surface area contributed by atoms with E-state index in [1.807, 2.05) is 0 Å². The first kappa shape index (κ1) is 11.3. The number of aromatic amines is 2. The summed E-state index contributed by atoms with van der Waals surface area (Å²) in [6.07, 6.45) is 0. The molecular formula is C8H9ClN4O2. The third-order valence-electron chi connectivity index (χ3n) is 1.88. The van der Waals surface area contributed by atoms with Gasteiger partial charge in [-0.05, 0) is 12.1 Å². The van der Waals surface area contributed by atoms with Crippen molar-refractivity contribution in [3.8, 4) is 5.69 Å². The molecule has 2 aromatic rings. The van der Waals surface area contributed by atoms with E-state index in [1.54, 1.807) is 24.3 Å². The molecule has 5 N–H and O–H groups in total. The molecule has 0 aliphatic heterocycles. The first-order valence-electron chi connectivity index (χ1n) is 4.00. The number of aromatic nitrogens is 3. The third kappa shape index (κ3) is 2.00. The fraction of sp³-hybridized carbons (Fsp3) is 0. The first-order chi connectivity index (χ1) is 6.68. The second-order valence-corrected chi connectivity index (χ2v) is 2.86. The number of hydrogen-bond donors (Lipinski definition) is 3. The van der Waals surface area contributed by atoms with Crippen LogP contribution in [0.2, 0.25) is 0 Å². The molecule has 0 amide bonds. The highest BCUT2D eigenvalue weighted by molar-refractivity contribution is 5.39. The van der Waals surface area contributed by atoms with Gasteiger partial charge < -0.3 is 18.1 Å². The normalized spacial score (nSPS) is 9.67. The van der Waals surface area contributed by atoms with Crippen LogP contribution in [0.25, 0.3) is 5.69 Å². The Morgan fingerprint density at radius 3 is 1.93 bits per heavy atom. The molecule has 0 saturated carbocycles. The molecule has 0 aliphatic carbocycles. The summed E-state index contributed by atoms with van der Waals surface area (Å²) in [6.45, 7) is 0. The Morgan fingerprint density at radius 1 is 1.00 bits per heavy atom. The van der Waals surface area contributed by atoms with Crippen LogP contribution in [-0.2, 0) is 0 Å². The maximum atomic E-state index is 11.2. The summed E-state index contributed by atoms with van der Waals surface area (Å²) in [5.41, 5.74) is 4.09. The number of benzene rings is 1. The molecule has 15 heavy (non-hydrogen) atoms. The number of halogens is 1. The van der Waals surface area contributed by atoms with Crippen molar-refractivity contribution in [1.29, 1.82) is 0 Å². The molecule has 1 aromatic heterocycles. The number of H-pyrrole nitrogens is 2. The Balaban J connectivity index is 0.00000112. The van der Waals surface area contributed by atoms with Crippen molar-refractivity contribution < 1.29 is 18.1 Å². The summed E-state index contributed by atoms with van der Waals surface area (Å²) in [7, 11) is 0. The molecule has 1 heterocycles. The molecule has 0 unspecified atom stereocenters. The van der Waals surface area contributed by atoms with Gasteiger partial charge in [0, 0.05) is 12.1 Å². The van der Waals surface area contributed by atoms with Crippen LogP contribution in [0.15, 0.2) is 33.9 Å². The SMILES string of the molecule is [Cl-].[NH3+]c1ccc(-n2c(=O)[nH][nH]c2=O)cc1. The summed E-state index contributed by atoms with van der Waals surface area (Å²) >= 11 is 0. The van der Waals surface area contributed by atoms with Crippen LogP contribution >= 0.6 is 0 Å². The zero-order valence-electron chi connectivity index (χ0n) is 7.66. The zero-order valence-corrected chi connectivity index (χ0v) is 8.41. The fourth-order valence-corrected chi connectivity index (χ4v) is 1.19. The average molecular weight is 229 g/mol. The topological polar surface area (TPSA) is 98.3 Å². The van der Waals surface area contributed by atoms with Crippen LogP contribution in [0, 0.1) is 0 Å². The van der Waals surface area contributed by atoms with E-state index in [4.69, 9.17) is 0 Å². The Bertz CT molecular complexity index is 524. The molecule has 80 valence electrons. The highest BCUT2D eigenvalue weighted by Gasteiger charge is 2.04. The number of rotatable bonds is 1. The average Bonchev–Trinajstić information content (AvgIpc) is 2.49. The third-order valence-corrected chi connectivity index (χ3v) is 1.88. The van der Waals surface area contributed by atoms with Gasteiger partial charge in [0.15, 0.2) is 0 Å². The van der Waals surface area contributed by atoms with Crippen molar-refractivity contribution in [1.82, 2.24) is 14.8 Å². The molecule has 0 fully saturated rings. The van der Waals surface area contributed by atoms with Gasteiger partial charge in [0.1, 0.15) is 5.69 Å². The van der Waals surface area contributed by atoms with Crippen molar-refractivity contribution in [3.63, 3.8) is 0 Å². The van der Waals surface area contributed by atoms with Crippen LogP contribution in [0.3, 0.4) is 0 Å². The molecule has 6 nitrogen and oxygen atoms in total. The van der Waals surface area contributed by atoms with Gasteiger partial charge >= 0.3 is 11.4 Å². The molecule has 0 spiro atoms. The lowest BCUT2D eigenvalue weighted by molar-refractivity contribution is -0.254. The molecular weight excluding hydrogens is 220 g/mol. The summed E-state index contributed by atoms with van der Waals surface area (Å²) < 4.78 is 1.01. The van der Waals surface area contributed by atoms with E-state index in [2.05, 4.69) is 15.9 Å². The molecule has 1 aromatic carbocycles. The second kappa shape index (κ2) is 4.16. The maximum absolute atomic E-state index is 11.2. The number of nitrogens with one attached hydrogen (secondary N) is 2. The lowest BCUT2D eigenvalue weighted by Crippen LogP contribution is -3.00. The van der Waals surface area contributed by atoms with E-state index in [9.17, 15) is 9.59 Å². The van der Waals surface area contributed by atoms with E-state index in [1.165, 1.54) is 0 Å². The smallest absolute Gasteiger partial charge is 0.348 e. The molecule has 2 rings (SSSR count). The van der Waals surface area contributed by atoms with Crippen LogP contribution in [0.4, 0.5) is 5.69 Å². The van der Waals surface area contributed by atoms with Gasteiger partial charge in [-0.3, -0.25) is 0 Å². The van der Waals surface area contributed by atoms with E-state index in [0.717, 1.165) is 10.3 Å². The lowest BCUT2D eigenvalue weighted by Gasteiger charge is -1.96. The zero-order chi connectivity index (χ0) is 10.1. The van der Waals surface area contributed by atoms with Crippen LogP contribution < -0.4 is 29.5 Å². The van der Waals surface area contributed by atoms with Crippen molar-refractivity contribution in [2.24, 2.45) is 0 Å². The van der Waals surface area contributed by atoms with E-state index < -0.39 is 11.4 Å². The minimum atomic E-state index is -0.480. The summed E-state index contributed by atoms with van der Waals surface area (Å²) in [6, 6.07) is 6.78. The van der Waals surface area contributed by atoms with Gasteiger partial charge in [0.05, 0.1) is 5.69 Å². The quantitative estimate of drug-likeness (QED) is 0.461. The van der Waals surface area contributed by atoms with E-state index >= 15 is 0 Å². The molecule has 7 heteroatoms. The first-order valence-corrected chi connectivity index (χ1v) is 4.00. The van der Waals surface area contributed by atoms with Crippen molar-refractivity contribution in [2.45, 2.75) is 0 Å². The summed E-state index contributed by atoms with van der Waals surface area (Å²) in [4.78, 5) is 22.4. The molecule has 0 bridgehead atoms. The number of hydrogen-bond acceptors (Lipinski definition) is 2. The Labute approximate surface area is 90.1 Å². The molecule has 0 atom stereocenters.